The number of allylic oxidation sites excluding steroid dienone is 1. The first-order chi connectivity index (χ1) is 12.4. The fourth-order valence-electron chi connectivity index (χ4n) is 3.49. The van der Waals surface area contributed by atoms with Crippen LogP contribution in [-0.2, 0) is 17.9 Å². The topological polar surface area (TPSA) is 81.8 Å². The summed E-state index contributed by atoms with van der Waals surface area (Å²) in [6.07, 6.45) is 1.25. The van der Waals surface area contributed by atoms with Crippen molar-refractivity contribution in [1.82, 2.24) is 20.4 Å². The van der Waals surface area contributed by atoms with Gasteiger partial charge < -0.3 is 20.4 Å². The maximum absolute atomic E-state index is 12.8. The highest BCUT2D eigenvalue weighted by molar-refractivity contribution is 6.01. The summed E-state index contributed by atoms with van der Waals surface area (Å²) in [6.45, 7) is 7.00. The van der Waals surface area contributed by atoms with Crippen molar-refractivity contribution in [3.63, 3.8) is 0 Å². The lowest BCUT2D eigenvalue weighted by Crippen LogP contribution is -2.49. The van der Waals surface area contributed by atoms with Crippen molar-refractivity contribution < 1.29 is 14.4 Å². The molecule has 1 atom stereocenters. The summed E-state index contributed by atoms with van der Waals surface area (Å²) in [5, 5.41) is 5.50. The molecule has 0 bridgehead atoms. The summed E-state index contributed by atoms with van der Waals surface area (Å²) >= 11 is 0. The maximum Gasteiger partial charge on any atom is 0.317 e. The second-order valence-corrected chi connectivity index (χ2v) is 6.72. The number of rotatable bonds is 4. The average Bonchev–Trinajstić information content (AvgIpc) is 2.93. The standard InChI is InChI=1S/C19H24N4O3/c1-4-20-19(26)22(3)10-13-6-5-7-14-15(13)11-23(18(14)25)16-9-8-12(2)21-17(16)24/h5-7,16H,2,4,8-11H2,1,3H3,(H,20,26)(H,21,24). The lowest BCUT2D eigenvalue weighted by molar-refractivity contribution is -0.126. The normalized spacial score (nSPS) is 19.2. The molecule has 1 aromatic carbocycles. The van der Waals surface area contributed by atoms with Gasteiger partial charge in [0.25, 0.3) is 5.91 Å². The number of amides is 4. The van der Waals surface area contributed by atoms with Crippen LogP contribution < -0.4 is 10.6 Å². The molecule has 0 radical (unpaired) electrons. The Morgan fingerprint density at radius 3 is 2.88 bits per heavy atom. The van der Waals surface area contributed by atoms with E-state index in [9.17, 15) is 14.4 Å². The van der Waals surface area contributed by atoms with Gasteiger partial charge in [-0.25, -0.2) is 4.79 Å². The number of nitrogens with zero attached hydrogens (tertiary/aromatic N) is 2. The molecule has 26 heavy (non-hydrogen) atoms. The van der Waals surface area contributed by atoms with Crippen molar-refractivity contribution in [2.24, 2.45) is 0 Å². The van der Waals surface area contributed by atoms with E-state index in [1.165, 1.54) is 0 Å². The highest BCUT2D eigenvalue weighted by Crippen LogP contribution is 2.30. The number of carbonyl (C=O) groups is 3. The van der Waals surface area contributed by atoms with Crippen LogP contribution in [0.1, 0.15) is 41.3 Å². The van der Waals surface area contributed by atoms with Crippen molar-refractivity contribution in [2.75, 3.05) is 13.6 Å². The Kier molecular flexibility index (Phi) is 4.97. The fourth-order valence-corrected chi connectivity index (χ4v) is 3.49. The molecule has 0 aromatic heterocycles. The van der Waals surface area contributed by atoms with Gasteiger partial charge in [-0.1, -0.05) is 18.7 Å². The average molecular weight is 356 g/mol. The van der Waals surface area contributed by atoms with Crippen molar-refractivity contribution in [2.45, 2.75) is 38.9 Å². The lowest BCUT2D eigenvalue weighted by atomic mass is 10.0. The molecule has 2 aliphatic rings. The first-order valence-corrected chi connectivity index (χ1v) is 8.81. The van der Waals surface area contributed by atoms with Gasteiger partial charge in [0.1, 0.15) is 6.04 Å². The number of urea groups is 1. The Balaban J connectivity index is 1.80. The molecule has 3 rings (SSSR count). The Bertz CT molecular complexity index is 774. The van der Waals surface area contributed by atoms with Gasteiger partial charge in [-0.15, -0.1) is 0 Å². The molecule has 138 valence electrons. The largest absolute Gasteiger partial charge is 0.338 e. The van der Waals surface area contributed by atoms with Crippen LogP contribution in [0.2, 0.25) is 0 Å². The number of hydrogen-bond donors (Lipinski definition) is 2. The van der Waals surface area contributed by atoms with Crippen LogP contribution in [0, 0.1) is 0 Å². The van der Waals surface area contributed by atoms with Gasteiger partial charge in [0, 0.05) is 37.9 Å². The van der Waals surface area contributed by atoms with E-state index in [-0.39, 0.29) is 17.8 Å². The molecule has 1 aromatic rings. The molecule has 4 amide bonds. The molecule has 1 fully saturated rings. The molecule has 7 nitrogen and oxygen atoms in total. The summed E-state index contributed by atoms with van der Waals surface area (Å²) < 4.78 is 0. The number of fused-ring (bicyclic) bond motifs is 1. The predicted molar refractivity (Wildman–Crippen MR) is 97.2 cm³/mol. The van der Waals surface area contributed by atoms with E-state index in [1.54, 1.807) is 22.9 Å². The minimum absolute atomic E-state index is 0.129. The summed E-state index contributed by atoms with van der Waals surface area (Å²) in [4.78, 5) is 40.3. The fraction of sp³-hybridized carbons (Fsp3) is 0.421. The summed E-state index contributed by atoms with van der Waals surface area (Å²) in [5.74, 6) is -0.307. The SMILES string of the molecule is C=C1CCC(N2Cc3c(CN(C)C(=O)NCC)cccc3C2=O)C(=O)N1. The number of carbonyl (C=O) groups excluding carboxylic acids is 3. The van der Waals surface area contributed by atoms with Crippen molar-refractivity contribution in [3.8, 4) is 0 Å². The molecular weight excluding hydrogens is 332 g/mol. The first-order valence-electron chi connectivity index (χ1n) is 8.81. The van der Waals surface area contributed by atoms with Crippen molar-refractivity contribution in [1.29, 1.82) is 0 Å². The second kappa shape index (κ2) is 7.19. The highest BCUT2D eigenvalue weighted by Gasteiger charge is 2.38. The molecule has 1 saturated heterocycles. The lowest BCUT2D eigenvalue weighted by Gasteiger charge is -2.31. The van der Waals surface area contributed by atoms with Crippen LogP contribution in [0.4, 0.5) is 4.79 Å². The molecule has 2 heterocycles. The van der Waals surface area contributed by atoms with Crippen LogP contribution in [0.25, 0.3) is 0 Å². The van der Waals surface area contributed by atoms with E-state index < -0.39 is 6.04 Å². The highest BCUT2D eigenvalue weighted by atomic mass is 16.2. The van der Waals surface area contributed by atoms with Gasteiger partial charge in [0.05, 0.1) is 0 Å². The zero-order chi connectivity index (χ0) is 18.8. The molecule has 0 saturated carbocycles. The monoisotopic (exact) mass is 356 g/mol. The second-order valence-electron chi connectivity index (χ2n) is 6.72. The van der Waals surface area contributed by atoms with Gasteiger partial charge in [0.15, 0.2) is 0 Å². The summed E-state index contributed by atoms with van der Waals surface area (Å²) in [5.41, 5.74) is 3.13. The van der Waals surface area contributed by atoms with E-state index in [2.05, 4.69) is 17.2 Å². The van der Waals surface area contributed by atoms with Crippen molar-refractivity contribution >= 4 is 17.8 Å². The number of piperidine rings is 1. The summed E-state index contributed by atoms with van der Waals surface area (Å²) in [7, 11) is 1.72. The Morgan fingerprint density at radius 2 is 2.19 bits per heavy atom. The number of nitrogens with one attached hydrogen (secondary N) is 2. The van der Waals surface area contributed by atoms with Gasteiger partial charge in [-0.2, -0.15) is 0 Å². The van der Waals surface area contributed by atoms with Gasteiger partial charge in [-0.05, 0) is 37.0 Å². The molecular formula is C19H24N4O3. The number of benzene rings is 1. The third kappa shape index (κ3) is 3.29. The number of hydrogen-bond acceptors (Lipinski definition) is 3. The van der Waals surface area contributed by atoms with E-state index in [0.29, 0.717) is 43.7 Å². The van der Waals surface area contributed by atoms with E-state index in [0.717, 1.165) is 11.1 Å². The first kappa shape index (κ1) is 18.0. The predicted octanol–water partition coefficient (Wildman–Crippen LogP) is 1.60. The molecule has 0 aliphatic carbocycles. The van der Waals surface area contributed by atoms with Crippen LogP contribution >= 0.6 is 0 Å². The molecule has 2 aliphatic heterocycles. The van der Waals surface area contributed by atoms with E-state index in [1.807, 2.05) is 19.1 Å². The third-order valence-electron chi connectivity index (χ3n) is 4.87. The van der Waals surface area contributed by atoms with Crippen molar-refractivity contribution in [3.05, 3.63) is 47.2 Å². The van der Waals surface area contributed by atoms with Gasteiger partial charge in [0.2, 0.25) is 5.91 Å². The van der Waals surface area contributed by atoms with E-state index >= 15 is 0 Å². The molecule has 1 unspecified atom stereocenters. The van der Waals surface area contributed by atoms with Crippen LogP contribution in [-0.4, -0.2) is 47.3 Å². The van der Waals surface area contributed by atoms with Crippen LogP contribution in [0.3, 0.4) is 0 Å². The van der Waals surface area contributed by atoms with E-state index in [4.69, 9.17) is 0 Å². The zero-order valence-electron chi connectivity index (χ0n) is 15.2. The molecule has 2 N–H and O–H groups in total. The molecule has 7 heteroatoms. The Hall–Kier alpha value is -2.83. The quantitative estimate of drug-likeness (QED) is 0.860. The Morgan fingerprint density at radius 1 is 1.42 bits per heavy atom. The third-order valence-corrected chi connectivity index (χ3v) is 4.87. The summed E-state index contributed by atoms with van der Waals surface area (Å²) in [6, 6.07) is 4.90. The zero-order valence-corrected chi connectivity index (χ0v) is 15.2. The van der Waals surface area contributed by atoms with Crippen LogP contribution in [0.5, 0.6) is 0 Å². The Labute approximate surface area is 153 Å². The minimum atomic E-state index is -0.477. The smallest absolute Gasteiger partial charge is 0.317 e. The maximum atomic E-state index is 12.8. The molecule has 0 spiro atoms. The van der Waals surface area contributed by atoms with Crippen LogP contribution in [0.15, 0.2) is 30.5 Å². The van der Waals surface area contributed by atoms with Gasteiger partial charge in [-0.3, -0.25) is 9.59 Å². The minimum Gasteiger partial charge on any atom is -0.338 e. The van der Waals surface area contributed by atoms with Gasteiger partial charge >= 0.3 is 6.03 Å².